The van der Waals surface area contributed by atoms with Crippen LogP contribution in [-0.4, -0.2) is 11.5 Å². The molecule has 1 heterocycles. The molecule has 0 saturated carbocycles. The number of benzene rings is 1. The molecule has 106 valence electrons. The summed E-state index contributed by atoms with van der Waals surface area (Å²) in [6, 6.07) is 10.5. The number of anilines is 1. The zero-order valence-corrected chi connectivity index (χ0v) is 11.2. The van der Waals surface area contributed by atoms with Gasteiger partial charge in [0.15, 0.2) is 0 Å². The molecule has 2 aromatic rings. The molecule has 0 radical (unpaired) electrons. The first-order valence-corrected chi connectivity index (χ1v) is 6.39. The molecule has 2 rings (SSSR count). The summed E-state index contributed by atoms with van der Waals surface area (Å²) in [6.07, 6.45) is 0.929. The van der Waals surface area contributed by atoms with Gasteiger partial charge in [-0.2, -0.15) is 0 Å². The molecule has 6 nitrogen and oxygen atoms in total. The summed E-state index contributed by atoms with van der Waals surface area (Å²) in [4.78, 5) is 9.98. The second-order valence-electron chi connectivity index (χ2n) is 4.20. The third-order valence-electron chi connectivity index (χ3n) is 2.63. The maximum atomic E-state index is 10.5. The maximum absolute atomic E-state index is 10.5. The van der Waals surface area contributed by atoms with E-state index in [1.807, 2.05) is 31.2 Å². The van der Waals surface area contributed by atoms with Crippen LogP contribution < -0.4 is 10.1 Å². The normalized spacial score (nSPS) is 10.2. The Morgan fingerprint density at radius 3 is 2.80 bits per heavy atom. The summed E-state index contributed by atoms with van der Waals surface area (Å²) >= 11 is 0. The Labute approximate surface area is 116 Å². The SMILES string of the molecule is CCCOc1ccccc1NCc1ccc([N+](=O)[O-])o1. The molecule has 0 unspecified atom stereocenters. The Hall–Kier alpha value is -2.50. The molecule has 6 heteroatoms. The number of hydrogen-bond donors (Lipinski definition) is 1. The van der Waals surface area contributed by atoms with E-state index in [9.17, 15) is 10.1 Å². The fourth-order valence-electron chi connectivity index (χ4n) is 1.69. The quantitative estimate of drug-likeness (QED) is 0.617. The topological polar surface area (TPSA) is 77.5 Å². The van der Waals surface area contributed by atoms with Crippen LogP contribution in [0.25, 0.3) is 0 Å². The van der Waals surface area contributed by atoms with Gasteiger partial charge in [-0.05, 0) is 24.6 Å². The van der Waals surface area contributed by atoms with Gasteiger partial charge in [-0.3, -0.25) is 10.1 Å². The summed E-state index contributed by atoms with van der Waals surface area (Å²) in [7, 11) is 0. The number of rotatable bonds is 7. The lowest BCUT2D eigenvalue weighted by Crippen LogP contribution is -2.02. The Bertz CT molecular complexity index is 580. The molecular formula is C14H16N2O4. The molecule has 0 fully saturated rings. The number of nitrogens with zero attached hydrogens (tertiary/aromatic N) is 1. The Morgan fingerprint density at radius 1 is 1.30 bits per heavy atom. The van der Waals surface area contributed by atoms with E-state index in [2.05, 4.69) is 5.32 Å². The molecule has 0 atom stereocenters. The average Bonchev–Trinajstić information content (AvgIpc) is 2.93. The number of ether oxygens (including phenoxy) is 1. The third kappa shape index (κ3) is 3.50. The minimum Gasteiger partial charge on any atom is -0.491 e. The first-order chi connectivity index (χ1) is 9.70. The molecule has 1 aromatic heterocycles. The Balaban J connectivity index is 2.00. The fourth-order valence-corrected chi connectivity index (χ4v) is 1.69. The lowest BCUT2D eigenvalue weighted by Gasteiger charge is -2.11. The zero-order valence-electron chi connectivity index (χ0n) is 11.2. The van der Waals surface area contributed by atoms with Crippen molar-refractivity contribution in [3.63, 3.8) is 0 Å². The van der Waals surface area contributed by atoms with Gasteiger partial charge >= 0.3 is 5.88 Å². The minimum atomic E-state index is -0.554. The first kappa shape index (κ1) is 13.9. The van der Waals surface area contributed by atoms with Crippen LogP contribution in [0.3, 0.4) is 0 Å². The molecule has 0 bridgehead atoms. The van der Waals surface area contributed by atoms with Crippen LogP contribution >= 0.6 is 0 Å². The van der Waals surface area contributed by atoms with Crippen molar-refractivity contribution in [1.29, 1.82) is 0 Å². The molecule has 0 aliphatic heterocycles. The van der Waals surface area contributed by atoms with Crippen molar-refractivity contribution in [2.75, 3.05) is 11.9 Å². The molecule has 1 N–H and O–H groups in total. The van der Waals surface area contributed by atoms with E-state index in [4.69, 9.17) is 9.15 Å². The number of nitrogens with one attached hydrogen (secondary N) is 1. The van der Waals surface area contributed by atoms with Crippen LogP contribution in [0.4, 0.5) is 11.6 Å². The standard InChI is InChI=1S/C14H16N2O4/c1-2-9-19-13-6-4-3-5-12(13)15-10-11-7-8-14(20-11)16(17)18/h3-8,15H,2,9-10H2,1H3. The van der Waals surface area contributed by atoms with Gasteiger partial charge in [0.2, 0.25) is 0 Å². The van der Waals surface area contributed by atoms with Gasteiger partial charge in [-0.1, -0.05) is 19.1 Å². The minimum absolute atomic E-state index is 0.252. The van der Waals surface area contributed by atoms with Crippen LogP contribution in [0.2, 0.25) is 0 Å². The number of nitro groups is 1. The van der Waals surface area contributed by atoms with Crippen LogP contribution in [-0.2, 0) is 6.54 Å². The van der Waals surface area contributed by atoms with Gasteiger partial charge < -0.3 is 14.5 Å². The molecule has 1 aromatic carbocycles. The van der Waals surface area contributed by atoms with Crippen molar-refractivity contribution in [2.45, 2.75) is 19.9 Å². The maximum Gasteiger partial charge on any atom is 0.433 e. The number of furan rings is 1. The van der Waals surface area contributed by atoms with E-state index in [1.54, 1.807) is 6.07 Å². The van der Waals surface area contributed by atoms with Gasteiger partial charge in [0.05, 0.1) is 24.9 Å². The molecule has 0 aliphatic rings. The van der Waals surface area contributed by atoms with Crippen molar-refractivity contribution in [3.8, 4) is 5.75 Å². The van der Waals surface area contributed by atoms with E-state index in [0.717, 1.165) is 17.9 Å². The molecule has 0 spiro atoms. The van der Waals surface area contributed by atoms with Crippen molar-refractivity contribution in [1.82, 2.24) is 0 Å². The third-order valence-corrected chi connectivity index (χ3v) is 2.63. The summed E-state index contributed by atoms with van der Waals surface area (Å²) in [5.74, 6) is 1.01. The highest BCUT2D eigenvalue weighted by Gasteiger charge is 2.12. The second kappa shape index (κ2) is 6.60. The van der Waals surface area contributed by atoms with Gasteiger partial charge in [0.1, 0.15) is 16.4 Å². The second-order valence-corrected chi connectivity index (χ2v) is 4.20. The lowest BCUT2D eigenvalue weighted by atomic mass is 10.3. The first-order valence-electron chi connectivity index (χ1n) is 6.39. The summed E-state index contributed by atoms with van der Waals surface area (Å²) in [5, 5.41) is 13.7. The van der Waals surface area contributed by atoms with Crippen LogP contribution in [0.1, 0.15) is 19.1 Å². The number of para-hydroxylation sites is 2. The van der Waals surface area contributed by atoms with Crippen molar-refractivity contribution < 1.29 is 14.1 Å². The molecule has 0 saturated heterocycles. The summed E-state index contributed by atoms with van der Waals surface area (Å²) in [6.45, 7) is 3.04. The van der Waals surface area contributed by atoms with Crippen molar-refractivity contribution in [2.24, 2.45) is 0 Å². The molecule has 20 heavy (non-hydrogen) atoms. The van der Waals surface area contributed by atoms with E-state index in [0.29, 0.717) is 18.9 Å². The predicted molar refractivity (Wildman–Crippen MR) is 74.9 cm³/mol. The van der Waals surface area contributed by atoms with E-state index < -0.39 is 4.92 Å². The highest BCUT2D eigenvalue weighted by molar-refractivity contribution is 5.56. The van der Waals surface area contributed by atoms with Crippen LogP contribution in [0.15, 0.2) is 40.8 Å². The lowest BCUT2D eigenvalue weighted by molar-refractivity contribution is -0.402. The number of hydrogen-bond acceptors (Lipinski definition) is 5. The smallest absolute Gasteiger partial charge is 0.433 e. The molecule has 0 aliphatic carbocycles. The van der Waals surface area contributed by atoms with Gasteiger partial charge in [-0.15, -0.1) is 0 Å². The van der Waals surface area contributed by atoms with E-state index >= 15 is 0 Å². The average molecular weight is 276 g/mol. The van der Waals surface area contributed by atoms with Crippen molar-refractivity contribution >= 4 is 11.6 Å². The zero-order chi connectivity index (χ0) is 14.4. The predicted octanol–water partition coefficient (Wildman–Crippen LogP) is 3.59. The molecular weight excluding hydrogens is 260 g/mol. The highest BCUT2D eigenvalue weighted by Crippen LogP contribution is 2.25. The summed E-state index contributed by atoms with van der Waals surface area (Å²) < 4.78 is 10.7. The van der Waals surface area contributed by atoms with Gasteiger partial charge in [0.25, 0.3) is 0 Å². The van der Waals surface area contributed by atoms with Gasteiger partial charge in [0, 0.05) is 0 Å². The van der Waals surface area contributed by atoms with Crippen molar-refractivity contribution in [3.05, 3.63) is 52.3 Å². The van der Waals surface area contributed by atoms with E-state index in [1.165, 1.54) is 6.07 Å². The summed E-state index contributed by atoms with van der Waals surface area (Å²) in [5.41, 5.74) is 0.833. The Kier molecular flexibility index (Phi) is 4.60. The fraction of sp³-hybridized carbons (Fsp3) is 0.286. The molecule has 0 amide bonds. The largest absolute Gasteiger partial charge is 0.491 e. The monoisotopic (exact) mass is 276 g/mol. The van der Waals surface area contributed by atoms with E-state index in [-0.39, 0.29) is 5.88 Å². The van der Waals surface area contributed by atoms with Gasteiger partial charge in [-0.25, -0.2) is 0 Å². The van der Waals surface area contributed by atoms with Crippen LogP contribution in [0.5, 0.6) is 5.75 Å². The highest BCUT2D eigenvalue weighted by atomic mass is 16.6. The van der Waals surface area contributed by atoms with Crippen LogP contribution in [0, 0.1) is 10.1 Å². The Morgan fingerprint density at radius 2 is 2.10 bits per heavy atom.